The Labute approximate surface area is 331 Å². The lowest BCUT2D eigenvalue weighted by atomic mass is 9.85. The van der Waals surface area contributed by atoms with Gasteiger partial charge < -0.3 is 23.8 Å². The van der Waals surface area contributed by atoms with Crippen LogP contribution in [-0.2, 0) is 34.2 Å². The van der Waals surface area contributed by atoms with E-state index in [-0.39, 0.29) is 12.1 Å². The Balaban J connectivity index is 1.02. The molecule has 2 aromatic carbocycles. The Kier molecular flexibility index (Phi) is 17.5. The van der Waals surface area contributed by atoms with Crippen LogP contribution in [-0.4, -0.2) is 65.1 Å². The number of hydrogen-bond acceptors (Lipinski definition) is 6. The normalized spacial score (nSPS) is 20.7. The summed E-state index contributed by atoms with van der Waals surface area (Å²) >= 11 is 0. The lowest BCUT2D eigenvalue weighted by Gasteiger charge is -2.47. The summed E-state index contributed by atoms with van der Waals surface area (Å²) in [6.45, 7) is 4.25. The van der Waals surface area contributed by atoms with Crippen molar-refractivity contribution >= 4 is 17.9 Å². The third kappa shape index (κ3) is 12.4. The van der Waals surface area contributed by atoms with Crippen LogP contribution in [0, 0.1) is 0 Å². The zero-order valence-electron chi connectivity index (χ0n) is 33.8. The van der Waals surface area contributed by atoms with E-state index in [1.807, 2.05) is 60.7 Å². The molecule has 0 aromatic heterocycles. The number of carboxylic acid groups (broad SMARTS) is 1. The van der Waals surface area contributed by atoms with Crippen LogP contribution >= 0.6 is 0 Å². The molecular weight excluding hydrogens is 691 g/mol. The lowest BCUT2D eigenvalue weighted by molar-refractivity contribution is -0.956. The molecule has 55 heavy (non-hydrogen) atoms. The maximum atomic E-state index is 14.7. The van der Waals surface area contributed by atoms with Crippen LogP contribution in [0.4, 0.5) is 0 Å². The maximum absolute atomic E-state index is 14.7. The third-order valence-electron chi connectivity index (χ3n) is 12.8. The summed E-state index contributed by atoms with van der Waals surface area (Å²) < 4.78 is 20.2. The second-order valence-corrected chi connectivity index (χ2v) is 16.8. The van der Waals surface area contributed by atoms with E-state index in [2.05, 4.69) is 0 Å². The summed E-state index contributed by atoms with van der Waals surface area (Å²) in [4.78, 5) is 38.3. The van der Waals surface area contributed by atoms with E-state index in [1.54, 1.807) is 6.92 Å². The molecule has 3 unspecified atom stereocenters. The van der Waals surface area contributed by atoms with Gasteiger partial charge in [-0.25, -0.2) is 4.79 Å². The molecule has 1 spiro atoms. The van der Waals surface area contributed by atoms with Gasteiger partial charge in [-0.3, -0.25) is 9.59 Å². The molecule has 3 heterocycles. The smallest absolute Gasteiger partial charge is 0.348 e. The van der Waals surface area contributed by atoms with Gasteiger partial charge in [-0.05, 0) is 30.9 Å². The van der Waals surface area contributed by atoms with Gasteiger partial charge in [-0.2, -0.15) is 0 Å². The number of nitrogens with zero attached hydrogens (tertiary/aromatic N) is 1. The first kappa shape index (κ1) is 42.9. The molecule has 8 heteroatoms. The largest absolute Gasteiger partial charge is 0.481 e. The Hall–Kier alpha value is -3.23. The van der Waals surface area contributed by atoms with Crippen LogP contribution in [0.25, 0.3) is 0 Å². The molecule has 304 valence electrons. The number of carbonyl (C=O) groups excluding carboxylic acids is 2. The minimum absolute atomic E-state index is 0.154. The highest BCUT2D eigenvalue weighted by atomic mass is 16.7. The topological polar surface area (TPSA) is 99.1 Å². The molecule has 3 saturated heterocycles. The summed E-state index contributed by atoms with van der Waals surface area (Å²) in [5.41, 5.74) is -0.257. The minimum Gasteiger partial charge on any atom is -0.481 e. The Morgan fingerprint density at radius 3 is 1.51 bits per heavy atom. The Morgan fingerprint density at radius 1 is 0.655 bits per heavy atom. The van der Waals surface area contributed by atoms with Gasteiger partial charge in [0.1, 0.15) is 6.10 Å². The molecule has 2 aromatic rings. The van der Waals surface area contributed by atoms with Crippen molar-refractivity contribution in [1.82, 2.24) is 0 Å². The van der Waals surface area contributed by atoms with Gasteiger partial charge in [0.05, 0.1) is 25.2 Å². The van der Waals surface area contributed by atoms with Gasteiger partial charge in [0.25, 0.3) is 0 Å². The van der Waals surface area contributed by atoms with Crippen molar-refractivity contribution in [3.05, 3.63) is 71.8 Å². The lowest BCUT2D eigenvalue weighted by Crippen LogP contribution is -2.60. The van der Waals surface area contributed by atoms with Crippen LogP contribution in [0.1, 0.15) is 172 Å². The van der Waals surface area contributed by atoms with Crippen molar-refractivity contribution in [3.8, 4) is 0 Å². The number of hydrogen-bond donors (Lipinski definition) is 1. The molecule has 1 N–H and O–H groups in total. The first-order chi connectivity index (χ1) is 26.8. The van der Waals surface area contributed by atoms with Crippen LogP contribution in [0.15, 0.2) is 60.7 Å². The van der Waals surface area contributed by atoms with E-state index >= 15 is 0 Å². The summed E-state index contributed by atoms with van der Waals surface area (Å²) in [6, 6.07) is 20.2. The predicted octanol–water partition coefficient (Wildman–Crippen LogP) is 10.8. The summed E-state index contributed by atoms with van der Waals surface area (Å²) in [7, 11) is 0. The molecule has 0 radical (unpaired) electrons. The fourth-order valence-electron chi connectivity index (χ4n) is 10.0. The molecule has 0 amide bonds. The number of aliphatic carboxylic acids is 1. The van der Waals surface area contributed by atoms with Gasteiger partial charge in [0, 0.05) is 51.4 Å². The van der Waals surface area contributed by atoms with Crippen LogP contribution < -0.4 is 0 Å². The molecule has 8 nitrogen and oxygen atoms in total. The zero-order chi connectivity index (χ0) is 38.8. The third-order valence-corrected chi connectivity index (χ3v) is 12.8. The zero-order valence-corrected chi connectivity index (χ0v) is 33.8. The number of benzene rings is 2. The number of esters is 2. The standard InChI is InChI=1S/C47H69NO7/c1-38(53-45(51)31-23-15-13-11-9-7-5-3-2-4-6-8-10-12-14-22-30-44(49)50)55-47(39-26-18-16-19-27-39,40-28-20-17-21-29-40)46(52)54-43-36-41-32-33-42(37-43)48(41)34-24-25-35-48/h16-21,26-29,38,41-43H,2-15,22-25,30-37H2,1H3/p+1. The quantitative estimate of drug-likeness (QED) is 0.0441. The fourth-order valence-corrected chi connectivity index (χ4v) is 10.0. The van der Waals surface area contributed by atoms with Crippen molar-refractivity contribution in [2.45, 2.75) is 191 Å². The second kappa shape index (κ2) is 22.5. The van der Waals surface area contributed by atoms with Gasteiger partial charge in [0.2, 0.25) is 11.9 Å². The van der Waals surface area contributed by atoms with E-state index in [9.17, 15) is 14.4 Å². The highest BCUT2D eigenvalue weighted by molar-refractivity contribution is 5.86. The van der Waals surface area contributed by atoms with E-state index in [1.165, 1.54) is 107 Å². The van der Waals surface area contributed by atoms with Crippen LogP contribution in [0.2, 0.25) is 0 Å². The molecule has 3 aliphatic rings. The number of carboxylic acids is 1. The molecule has 0 aliphatic carbocycles. The van der Waals surface area contributed by atoms with Crippen molar-refractivity contribution in [3.63, 3.8) is 0 Å². The number of quaternary nitrogens is 1. The highest BCUT2D eigenvalue weighted by Crippen LogP contribution is 2.47. The number of ether oxygens (including phenoxy) is 3. The van der Waals surface area contributed by atoms with Crippen molar-refractivity contribution in [2.24, 2.45) is 0 Å². The average molecular weight is 761 g/mol. The second-order valence-electron chi connectivity index (χ2n) is 16.8. The molecular formula is C47H70NO7+. The Bertz CT molecular complexity index is 1370. The van der Waals surface area contributed by atoms with Gasteiger partial charge >= 0.3 is 17.9 Å². The Morgan fingerprint density at radius 2 is 1.07 bits per heavy atom. The van der Waals surface area contributed by atoms with E-state index in [0.29, 0.717) is 36.1 Å². The van der Waals surface area contributed by atoms with Crippen molar-refractivity contribution in [1.29, 1.82) is 0 Å². The SMILES string of the molecule is CC(OC(=O)CCCCCCCCCCCCCCCCCCC(=O)O)OC(C(=O)OC1CC2CCC(C1)[N+]21CCCC1)(c1ccccc1)c1ccccc1. The fraction of sp³-hybridized carbons (Fsp3) is 0.681. The summed E-state index contributed by atoms with van der Waals surface area (Å²) in [5, 5.41) is 8.70. The van der Waals surface area contributed by atoms with Crippen LogP contribution in [0.5, 0.6) is 0 Å². The molecule has 2 bridgehead atoms. The predicted molar refractivity (Wildman–Crippen MR) is 216 cm³/mol. The molecule has 3 atom stereocenters. The highest BCUT2D eigenvalue weighted by Gasteiger charge is 2.57. The minimum atomic E-state index is -1.58. The van der Waals surface area contributed by atoms with Gasteiger partial charge in [-0.15, -0.1) is 0 Å². The van der Waals surface area contributed by atoms with Gasteiger partial charge in [-0.1, -0.05) is 151 Å². The van der Waals surface area contributed by atoms with E-state index in [0.717, 1.165) is 51.4 Å². The molecule has 5 rings (SSSR count). The van der Waals surface area contributed by atoms with E-state index < -0.39 is 23.8 Å². The van der Waals surface area contributed by atoms with E-state index in [4.69, 9.17) is 19.3 Å². The average Bonchev–Trinajstić information content (AvgIpc) is 3.73. The monoisotopic (exact) mass is 761 g/mol. The van der Waals surface area contributed by atoms with Crippen molar-refractivity contribution < 1.29 is 38.2 Å². The molecule has 3 fully saturated rings. The number of piperidine rings is 1. The molecule has 3 aliphatic heterocycles. The maximum Gasteiger partial charge on any atom is 0.348 e. The first-order valence-electron chi connectivity index (χ1n) is 22.1. The number of carbonyl (C=O) groups is 3. The summed E-state index contributed by atoms with van der Waals surface area (Å²) in [6.07, 6.45) is 25.0. The molecule has 0 saturated carbocycles. The van der Waals surface area contributed by atoms with Crippen LogP contribution in [0.3, 0.4) is 0 Å². The van der Waals surface area contributed by atoms with Gasteiger partial charge in [0.15, 0.2) is 0 Å². The number of rotatable bonds is 26. The number of unbranched alkanes of at least 4 members (excludes halogenated alkanes) is 15. The van der Waals surface area contributed by atoms with Crippen molar-refractivity contribution in [2.75, 3.05) is 13.1 Å². The summed E-state index contributed by atoms with van der Waals surface area (Å²) in [5.74, 6) is -1.43. The first-order valence-corrected chi connectivity index (χ1v) is 22.1.